The van der Waals surface area contributed by atoms with E-state index < -0.39 is 0 Å². The van der Waals surface area contributed by atoms with Crippen LogP contribution in [0.25, 0.3) is 16.6 Å². The summed E-state index contributed by atoms with van der Waals surface area (Å²) in [6.07, 6.45) is 4.12. The number of pyridine rings is 1. The molecule has 9 heteroatoms. The molecule has 0 atom stereocenters. The van der Waals surface area contributed by atoms with Gasteiger partial charge in [0.25, 0.3) is 0 Å². The van der Waals surface area contributed by atoms with Crippen LogP contribution in [-0.4, -0.2) is 31.1 Å². The van der Waals surface area contributed by atoms with Crippen molar-refractivity contribution in [3.05, 3.63) is 59.2 Å². The minimum atomic E-state index is 0.255. The van der Waals surface area contributed by atoms with Gasteiger partial charge in [0.2, 0.25) is 5.95 Å². The van der Waals surface area contributed by atoms with E-state index in [-0.39, 0.29) is 5.95 Å². The third-order valence-electron chi connectivity index (χ3n) is 4.74. The molecule has 0 saturated heterocycles. The van der Waals surface area contributed by atoms with Gasteiger partial charge in [-0.25, -0.2) is 15.0 Å². The fourth-order valence-electron chi connectivity index (χ4n) is 3.55. The van der Waals surface area contributed by atoms with E-state index in [4.69, 9.17) is 15.5 Å². The van der Waals surface area contributed by atoms with Gasteiger partial charge in [-0.1, -0.05) is 12.6 Å². The first-order valence-corrected chi connectivity index (χ1v) is 9.54. The zero-order chi connectivity index (χ0) is 19.3. The van der Waals surface area contributed by atoms with E-state index in [1.165, 1.54) is 11.8 Å². The number of ether oxygens (including phenoxy) is 1. The molecule has 140 valence electrons. The third-order valence-corrected chi connectivity index (χ3v) is 5.17. The Morgan fingerprint density at radius 2 is 2.21 bits per heavy atom. The molecule has 5 rings (SSSR count). The monoisotopic (exact) mass is 437 g/mol. The van der Waals surface area contributed by atoms with Crippen molar-refractivity contribution < 1.29 is 4.74 Å². The van der Waals surface area contributed by atoms with Crippen LogP contribution in [-0.2, 0) is 13.0 Å². The molecule has 1 aliphatic rings. The second-order valence-corrected chi connectivity index (χ2v) is 7.39. The lowest BCUT2D eigenvalue weighted by molar-refractivity contribution is 0.488. The number of nitrogens with zero attached hydrogens (tertiary/aromatic N) is 6. The van der Waals surface area contributed by atoms with Crippen molar-refractivity contribution in [1.82, 2.24) is 24.6 Å². The number of nitrogen functional groups attached to an aromatic ring is 1. The summed E-state index contributed by atoms with van der Waals surface area (Å²) in [6.45, 7) is 5.03. The fourth-order valence-corrected chi connectivity index (χ4v) is 3.93. The predicted octanol–water partition coefficient (Wildman–Crippen LogP) is 3.10. The van der Waals surface area contributed by atoms with Crippen molar-refractivity contribution in [3.63, 3.8) is 0 Å². The van der Waals surface area contributed by atoms with Crippen LogP contribution >= 0.6 is 15.9 Å². The van der Waals surface area contributed by atoms with Gasteiger partial charge in [-0.3, -0.25) is 0 Å². The largest absolute Gasteiger partial charge is 0.463 e. The van der Waals surface area contributed by atoms with Gasteiger partial charge in [0.15, 0.2) is 17.2 Å². The highest BCUT2D eigenvalue weighted by Gasteiger charge is 2.23. The maximum atomic E-state index is 6.14. The minimum Gasteiger partial charge on any atom is -0.463 e. The van der Waals surface area contributed by atoms with E-state index in [0.717, 1.165) is 28.6 Å². The van der Waals surface area contributed by atoms with Crippen molar-refractivity contribution in [2.45, 2.75) is 13.0 Å². The summed E-state index contributed by atoms with van der Waals surface area (Å²) in [5, 5.41) is 5.39. The minimum absolute atomic E-state index is 0.255. The van der Waals surface area contributed by atoms with E-state index in [0.29, 0.717) is 29.3 Å². The molecule has 8 nitrogen and oxygen atoms in total. The number of benzene rings is 1. The Kier molecular flexibility index (Phi) is 3.90. The molecule has 4 heterocycles. The predicted molar refractivity (Wildman–Crippen MR) is 110 cm³/mol. The Hall–Kier alpha value is -3.20. The number of anilines is 2. The van der Waals surface area contributed by atoms with Crippen LogP contribution in [0.2, 0.25) is 0 Å². The molecular formula is C19H16BrN7O. The molecule has 0 amide bonds. The van der Waals surface area contributed by atoms with Gasteiger partial charge in [-0.15, -0.1) is 5.10 Å². The molecule has 2 N–H and O–H groups in total. The van der Waals surface area contributed by atoms with Gasteiger partial charge in [-0.2, -0.15) is 4.52 Å². The van der Waals surface area contributed by atoms with Crippen molar-refractivity contribution in [1.29, 1.82) is 0 Å². The van der Waals surface area contributed by atoms with Crippen LogP contribution in [0.4, 0.5) is 11.8 Å². The number of aromatic nitrogens is 5. The van der Waals surface area contributed by atoms with Crippen LogP contribution in [0.1, 0.15) is 11.4 Å². The van der Waals surface area contributed by atoms with E-state index >= 15 is 0 Å². The molecule has 0 unspecified atom stereocenters. The first-order chi connectivity index (χ1) is 13.6. The van der Waals surface area contributed by atoms with Crippen LogP contribution < -0.4 is 15.4 Å². The standard InChI is InChI=1S/C19H16BrN7O/c1-2-28-14-5-3-4-13-16(14)24-19(21)27-18(13)23-15(25-27)10-26-7-6-11-8-12(20)9-22-17(11)26/h2-5,8-9H,1,6-7,10H2,(H2,21,24). The fraction of sp³-hybridized carbons (Fsp3) is 0.158. The maximum absolute atomic E-state index is 6.14. The molecule has 0 spiro atoms. The summed E-state index contributed by atoms with van der Waals surface area (Å²) in [5.41, 5.74) is 8.63. The van der Waals surface area contributed by atoms with Crippen LogP contribution in [0.5, 0.6) is 5.75 Å². The zero-order valence-corrected chi connectivity index (χ0v) is 16.4. The van der Waals surface area contributed by atoms with E-state index in [1.54, 1.807) is 4.52 Å². The normalized spacial score (nSPS) is 13.2. The lowest BCUT2D eigenvalue weighted by Crippen LogP contribution is -2.21. The summed E-state index contributed by atoms with van der Waals surface area (Å²) < 4.78 is 8.01. The summed E-state index contributed by atoms with van der Waals surface area (Å²) >= 11 is 3.48. The first-order valence-electron chi connectivity index (χ1n) is 8.75. The molecule has 0 aliphatic carbocycles. The highest BCUT2D eigenvalue weighted by molar-refractivity contribution is 9.10. The van der Waals surface area contributed by atoms with E-state index in [1.807, 2.05) is 24.4 Å². The van der Waals surface area contributed by atoms with Gasteiger partial charge in [0, 0.05) is 22.6 Å². The molecule has 3 aromatic heterocycles. The number of nitrogens with two attached hydrogens (primary N) is 1. The van der Waals surface area contributed by atoms with Gasteiger partial charge in [0.1, 0.15) is 11.3 Å². The van der Waals surface area contributed by atoms with E-state index in [2.05, 4.69) is 48.5 Å². The highest BCUT2D eigenvalue weighted by Crippen LogP contribution is 2.30. The average Bonchev–Trinajstić information content (AvgIpc) is 3.28. The molecule has 0 radical (unpaired) electrons. The number of fused-ring (bicyclic) bond motifs is 4. The second-order valence-electron chi connectivity index (χ2n) is 6.48. The molecular weight excluding hydrogens is 422 g/mol. The first kappa shape index (κ1) is 16.9. The number of rotatable bonds is 4. The Balaban J connectivity index is 1.57. The molecule has 1 aromatic carbocycles. The topological polar surface area (TPSA) is 94.5 Å². The smallest absolute Gasteiger partial charge is 0.223 e. The SMILES string of the molecule is C=COc1cccc2c1nc(N)n1nc(CN3CCc4cc(Br)cnc43)nc21. The number of halogens is 1. The molecule has 4 aromatic rings. The van der Waals surface area contributed by atoms with Gasteiger partial charge in [0.05, 0.1) is 12.8 Å². The molecule has 0 saturated carbocycles. The highest BCUT2D eigenvalue weighted by atomic mass is 79.9. The lowest BCUT2D eigenvalue weighted by Gasteiger charge is -2.15. The molecule has 0 fully saturated rings. The summed E-state index contributed by atoms with van der Waals surface area (Å²) in [6, 6.07) is 7.73. The zero-order valence-electron chi connectivity index (χ0n) is 14.8. The average molecular weight is 438 g/mol. The summed E-state index contributed by atoms with van der Waals surface area (Å²) in [5.74, 6) is 2.47. The van der Waals surface area contributed by atoms with Crippen LogP contribution in [0, 0.1) is 0 Å². The lowest BCUT2D eigenvalue weighted by atomic mass is 10.2. The van der Waals surface area contributed by atoms with Crippen molar-refractivity contribution in [2.24, 2.45) is 0 Å². The quantitative estimate of drug-likeness (QED) is 0.490. The third kappa shape index (κ3) is 2.66. The second kappa shape index (κ2) is 6.45. The van der Waals surface area contributed by atoms with Crippen LogP contribution in [0.3, 0.4) is 0 Å². The Labute approximate surface area is 168 Å². The Morgan fingerprint density at radius 1 is 1.32 bits per heavy atom. The molecule has 28 heavy (non-hydrogen) atoms. The summed E-state index contributed by atoms with van der Waals surface area (Å²) in [7, 11) is 0. The number of hydrogen-bond donors (Lipinski definition) is 1. The Bertz CT molecular complexity index is 1240. The summed E-state index contributed by atoms with van der Waals surface area (Å²) in [4.78, 5) is 15.9. The van der Waals surface area contributed by atoms with Gasteiger partial charge >= 0.3 is 0 Å². The Morgan fingerprint density at radius 3 is 3.07 bits per heavy atom. The van der Waals surface area contributed by atoms with Crippen molar-refractivity contribution in [2.75, 3.05) is 17.2 Å². The van der Waals surface area contributed by atoms with Crippen LogP contribution in [0.15, 0.2) is 47.8 Å². The van der Waals surface area contributed by atoms with Crippen molar-refractivity contribution >= 4 is 44.2 Å². The van der Waals surface area contributed by atoms with Gasteiger partial charge < -0.3 is 15.4 Å². The van der Waals surface area contributed by atoms with Crippen molar-refractivity contribution in [3.8, 4) is 5.75 Å². The van der Waals surface area contributed by atoms with Gasteiger partial charge in [-0.05, 0) is 46.1 Å². The number of para-hydroxylation sites is 1. The maximum Gasteiger partial charge on any atom is 0.223 e. The molecule has 1 aliphatic heterocycles. The molecule has 0 bridgehead atoms. The number of hydrogen-bond acceptors (Lipinski definition) is 7. The van der Waals surface area contributed by atoms with E-state index in [9.17, 15) is 0 Å².